The van der Waals surface area contributed by atoms with Crippen LogP contribution in [0.15, 0.2) is 109 Å². The number of methoxy groups -OCH3 is 3. The van der Waals surface area contributed by atoms with Crippen molar-refractivity contribution in [3.05, 3.63) is 131 Å². The zero-order chi connectivity index (χ0) is 31.3. The summed E-state index contributed by atoms with van der Waals surface area (Å²) >= 11 is 0. The van der Waals surface area contributed by atoms with Crippen LogP contribution >= 0.6 is 0 Å². The summed E-state index contributed by atoms with van der Waals surface area (Å²) in [5.74, 6) is 1.58. The van der Waals surface area contributed by atoms with E-state index in [1.54, 1.807) is 21.3 Å². The monoisotopic (exact) mass is 614 g/mol. The first kappa shape index (κ1) is 32.6. The van der Waals surface area contributed by atoms with Gasteiger partial charge in [0.2, 0.25) is 0 Å². The van der Waals surface area contributed by atoms with Gasteiger partial charge in [0, 0.05) is 7.11 Å². The zero-order valence-corrected chi connectivity index (χ0v) is 26.1. The van der Waals surface area contributed by atoms with Crippen molar-refractivity contribution in [2.45, 2.75) is 57.1 Å². The van der Waals surface area contributed by atoms with E-state index in [2.05, 4.69) is 0 Å². The average Bonchev–Trinajstić information content (AvgIpc) is 3.10. The second kappa shape index (κ2) is 17.1. The molecule has 4 aromatic carbocycles. The fraction of sp³-hybridized carbons (Fsp3) is 0.351. The van der Waals surface area contributed by atoms with Gasteiger partial charge in [-0.1, -0.05) is 84.9 Å². The van der Waals surface area contributed by atoms with Crippen LogP contribution in [0.3, 0.4) is 0 Å². The molecule has 5 atom stereocenters. The molecule has 0 aromatic heterocycles. The molecule has 0 aliphatic carbocycles. The molecule has 0 N–H and O–H groups in total. The largest absolute Gasteiger partial charge is 0.497 e. The number of rotatable bonds is 16. The fourth-order valence-corrected chi connectivity index (χ4v) is 5.23. The number of hydrogen-bond donors (Lipinski definition) is 0. The summed E-state index contributed by atoms with van der Waals surface area (Å²) in [5.41, 5.74) is 4.09. The summed E-state index contributed by atoms with van der Waals surface area (Å²) in [5, 5.41) is 0. The van der Waals surface area contributed by atoms with Crippen LogP contribution in [0, 0.1) is 0 Å². The minimum absolute atomic E-state index is 0.260. The van der Waals surface area contributed by atoms with Crippen LogP contribution in [0.4, 0.5) is 0 Å². The first-order valence-corrected chi connectivity index (χ1v) is 15.1. The molecule has 0 bridgehead atoms. The molecule has 5 rings (SSSR count). The van der Waals surface area contributed by atoms with Crippen molar-refractivity contribution in [3.63, 3.8) is 0 Å². The smallest absolute Gasteiger partial charge is 0.186 e. The van der Waals surface area contributed by atoms with E-state index in [4.69, 9.17) is 37.9 Å². The molecule has 0 saturated carbocycles. The van der Waals surface area contributed by atoms with Gasteiger partial charge in [-0.2, -0.15) is 0 Å². The Kier molecular flexibility index (Phi) is 12.4. The van der Waals surface area contributed by atoms with Crippen molar-refractivity contribution < 1.29 is 37.9 Å². The average molecular weight is 615 g/mol. The van der Waals surface area contributed by atoms with Gasteiger partial charge >= 0.3 is 0 Å². The molecule has 1 aliphatic heterocycles. The Morgan fingerprint density at radius 3 is 1.42 bits per heavy atom. The van der Waals surface area contributed by atoms with E-state index in [-0.39, 0.29) is 6.61 Å². The first-order chi connectivity index (χ1) is 22.2. The third-order valence-electron chi connectivity index (χ3n) is 7.71. The van der Waals surface area contributed by atoms with Crippen molar-refractivity contribution in [1.82, 2.24) is 0 Å². The third kappa shape index (κ3) is 9.37. The topological polar surface area (TPSA) is 73.8 Å². The second-order valence-corrected chi connectivity index (χ2v) is 10.8. The molecular formula is C37H42O8. The molecule has 0 unspecified atom stereocenters. The highest BCUT2D eigenvalue weighted by Crippen LogP contribution is 2.31. The van der Waals surface area contributed by atoms with Gasteiger partial charge in [0.15, 0.2) is 6.29 Å². The number of ether oxygens (including phenoxy) is 8. The minimum Gasteiger partial charge on any atom is -0.497 e. The Morgan fingerprint density at radius 2 is 0.933 bits per heavy atom. The van der Waals surface area contributed by atoms with Crippen LogP contribution in [0.2, 0.25) is 0 Å². The van der Waals surface area contributed by atoms with Gasteiger partial charge < -0.3 is 37.9 Å². The van der Waals surface area contributed by atoms with E-state index in [0.717, 1.165) is 33.8 Å². The lowest BCUT2D eigenvalue weighted by atomic mass is 9.97. The lowest BCUT2D eigenvalue weighted by Crippen LogP contribution is -2.61. The molecule has 45 heavy (non-hydrogen) atoms. The van der Waals surface area contributed by atoms with Crippen molar-refractivity contribution in [2.75, 3.05) is 27.9 Å². The summed E-state index contributed by atoms with van der Waals surface area (Å²) in [7, 11) is 4.92. The van der Waals surface area contributed by atoms with Gasteiger partial charge in [-0.3, -0.25) is 0 Å². The van der Waals surface area contributed by atoms with Gasteiger partial charge in [-0.15, -0.1) is 0 Å². The lowest BCUT2D eigenvalue weighted by Gasteiger charge is -2.45. The SMILES string of the molecule is COc1ccc(COC[C@H]2O[C@H](OC)[C@H](OCc3ccccc3)[C@@H](OCc3ccccc3)[C@@H]2OCc2ccc(OC)cc2)cc1. The van der Waals surface area contributed by atoms with E-state index in [1.807, 2.05) is 109 Å². The Labute approximate surface area is 265 Å². The second-order valence-electron chi connectivity index (χ2n) is 10.8. The molecule has 0 radical (unpaired) electrons. The number of benzene rings is 4. The zero-order valence-electron chi connectivity index (χ0n) is 26.1. The molecule has 8 nitrogen and oxygen atoms in total. The maximum Gasteiger partial charge on any atom is 0.186 e. The first-order valence-electron chi connectivity index (χ1n) is 15.1. The van der Waals surface area contributed by atoms with Gasteiger partial charge in [0.25, 0.3) is 0 Å². The van der Waals surface area contributed by atoms with E-state index in [0.29, 0.717) is 26.4 Å². The highest BCUT2D eigenvalue weighted by molar-refractivity contribution is 5.27. The van der Waals surface area contributed by atoms with Gasteiger partial charge in [-0.05, 0) is 46.5 Å². The highest BCUT2D eigenvalue weighted by Gasteiger charge is 2.48. The van der Waals surface area contributed by atoms with Gasteiger partial charge in [0.1, 0.15) is 35.9 Å². The molecule has 1 saturated heterocycles. The maximum absolute atomic E-state index is 6.66. The van der Waals surface area contributed by atoms with Gasteiger partial charge in [0.05, 0.1) is 47.3 Å². The molecule has 238 valence electrons. The predicted molar refractivity (Wildman–Crippen MR) is 170 cm³/mol. The predicted octanol–water partition coefficient (Wildman–Crippen LogP) is 6.35. The summed E-state index contributed by atoms with van der Waals surface area (Å²) < 4.78 is 49.0. The van der Waals surface area contributed by atoms with Crippen LogP contribution in [-0.4, -0.2) is 58.6 Å². The van der Waals surface area contributed by atoms with Crippen LogP contribution in [0.25, 0.3) is 0 Å². The van der Waals surface area contributed by atoms with E-state index in [1.165, 1.54) is 0 Å². The van der Waals surface area contributed by atoms with Crippen molar-refractivity contribution >= 4 is 0 Å². The maximum atomic E-state index is 6.66. The summed E-state index contributed by atoms with van der Waals surface area (Å²) in [6, 6.07) is 35.7. The highest BCUT2D eigenvalue weighted by atomic mass is 16.7. The summed E-state index contributed by atoms with van der Waals surface area (Å²) in [6.45, 7) is 1.73. The number of hydrogen-bond acceptors (Lipinski definition) is 8. The van der Waals surface area contributed by atoms with Crippen LogP contribution in [-0.2, 0) is 54.8 Å². The van der Waals surface area contributed by atoms with Crippen molar-refractivity contribution in [1.29, 1.82) is 0 Å². The molecule has 0 amide bonds. The summed E-state index contributed by atoms with van der Waals surface area (Å²) in [4.78, 5) is 0. The Morgan fingerprint density at radius 1 is 0.489 bits per heavy atom. The fourth-order valence-electron chi connectivity index (χ4n) is 5.23. The van der Waals surface area contributed by atoms with E-state index in [9.17, 15) is 0 Å². The van der Waals surface area contributed by atoms with Gasteiger partial charge in [-0.25, -0.2) is 0 Å². The Bertz CT molecular complexity index is 1380. The van der Waals surface area contributed by atoms with Crippen molar-refractivity contribution in [2.24, 2.45) is 0 Å². The standard InChI is InChI=1S/C37H42O8/c1-38-31-18-14-29(15-19-31)22-41-26-33-34(42-25-30-16-20-32(39-2)21-17-30)35(43-23-27-10-6-4-7-11-27)36(37(40-3)45-33)44-24-28-12-8-5-9-13-28/h4-21,33-37H,22-26H2,1-3H3/t33-,34-,35+,36-,37+/m1/s1. The lowest BCUT2D eigenvalue weighted by molar-refractivity contribution is -0.323. The molecule has 4 aromatic rings. The molecule has 8 heteroatoms. The van der Waals surface area contributed by atoms with Crippen LogP contribution < -0.4 is 9.47 Å². The molecule has 0 spiro atoms. The molecule has 1 aliphatic rings. The van der Waals surface area contributed by atoms with Crippen molar-refractivity contribution in [3.8, 4) is 11.5 Å². The van der Waals surface area contributed by atoms with Crippen LogP contribution in [0.5, 0.6) is 11.5 Å². The molecule has 1 heterocycles. The third-order valence-corrected chi connectivity index (χ3v) is 7.71. The Hall–Kier alpha value is -3.76. The normalized spacial score (nSPS) is 21.4. The molecular weight excluding hydrogens is 572 g/mol. The van der Waals surface area contributed by atoms with Crippen LogP contribution in [0.1, 0.15) is 22.3 Å². The quantitative estimate of drug-likeness (QED) is 0.145. The van der Waals surface area contributed by atoms with E-state index >= 15 is 0 Å². The minimum atomic E-state index is -0.704. The summed E-state index contributed by atoms with van der Waals surface area (Å²) in [6.07, 6.45) is -2.83. The molecule has 1 fully saturated rings. The Balaban J connectivity index is 1.38. The van der Waals surface area contributed by atoms with E-state index < -0.39 is 30.7 Å².